The number of carbonyl (C=O) groups is 2. The van der Waals surface area contributed by atoms with Gasteiger partial charge in [-0.15, -0.1) is 10.2 Å². The van der Waals surface area contributed by atoms with Gasteiger partial charge in [0, 0.05) is 5.69 Å². The molecular weight excluding hydrogens is 401 g/mol. The molecule has 144 valence electrons. The molecule has 9 heteroatoms. The molecule has 0 saturated heterocycles. The Labute approximate surface area is 171 Å². The Morgan fingerprint density at radius 3 is 2.61 bits per heavy atom. The molecule has 0 saturated carbocycles. The van der Waals surface area contributed by atoms with Gasteiger partial charge in [-0.2, -0.15) is 0 Å². The molecule has 0 aliphatic heterocycles. The van der Waals surface area contributed by atoms with Gasteiger partial charge < -0.3 is 10.6 Å². The van der Waals surface area contributed by atoms with Gasteiger partial charge in [0.15, 0.2) is 5.82 Å². The van der Waals surface area contributed by atoms with Crippen molar-refractivity contribution >= 4 is 35.0 Å². The van der Waals surface area contributed by atoms with E-state index >= 15 is 0 Å². The standard InChI is InChI=1S/C19H17Cl2N5O2/c1-12(24-19(28)14-8-5-9-15(20)17(14)21)18(27)22-10-16-25-23-11-26(16)13-6-3-2-4-7-13/h2-9,11-12H,10H2,1H3,(H,22,27)(H,24,28). The fourth-order valence-corrected chi connectivity index (χ4v) is 2.91. The average Bonchev–Trinajstić information content (AvgIpc) is 3.17. The maximum atomic E-state index is 12.4. The number of rotatable bonds is 6. The second kappa shape index (κ2) is 8.86. The summed E-state index contributed by atoms with van der Waals surface area (Å²) in [6, 6.07) is 13.5. The fourth-order valence-electron chi connectivity index (χ4n) is 2.52. The van der Waals surface area contributed by atoms with Crippen LogP contribution in [0.15, 0.2) is 54.9 Å². The zero-order chi connectivity index (χ0) is 20.1. The first-order valence-corrected chi connectivity index (χ1v) is 9.20. The predicted octanol–water partition coefficient (Wildman–Crippen LogP) is 3.01. The van der Waals surface area contributed by atoms with E-state index in [1.165, 1.54) is 6.07 Å². The summed E-state index contributed by atoms with van der Waals surface area (Å²) >= 11 is 12.0. The lowest BCUT2D eigenvalue weighted by atomic mass is 10.2. The van der Waals surface area contributed by atoms with Crippen molar-refractivity contribution in [3.63, 3.8) is 0 Å². The summed E-state index contributed by atoms with van der Waals surface area (Å²) in [5, 5.41) is 13.7. The van der Waals surface area contributed by atoms with Crippen LogP contribution < -0.4 is 10.6 Å². The largest absolute Gasteiger partial charge is 0.347 e. The van der Waals surface area contributed by atoms with E-state index in [4.69, 9.17) is 23.2 Å². The number of hydrogen-bond acceptors (Lipinski definition) is 4. The first-order chi connectivity index (χ1) is 13.5. The molecular formula is C19H17Cl2N5O2. The summed E-state index contributed by atoms with van der Waals surface area (Å²) < 4.78 is 1.77. The third-order valence-electron chi connectivity index (χ3n) is 4.01. The maximum Gasteiger partial charge on any atom is 0.253 e. The Morgan fingerprint density at radius 1 is 1.11 bits per heavy atom. The maximum absolute atomic E-state index is 12.4. The smallest absolute Gasteiger partial charge is 0.253 e. The van der Waals surface area contributed by atoms with E-state index < -0.39 is 11.9 Å². The number of hydrogen-bond donors (Lipinski definition) is 2. The van der Waals surface area contributed by atoms with Gasteiger partial charge >= 0.3 is 0 Å². The SMILES string of the molecule is CC(NC(=O)c1cccc(Cl)c1Cl)C(=O)NCc1nncn1-c1ccccc1. The Hall–Kier alpha value is -2.90. The van der Waals surface area contributed by atoms with Crippen molar-refractivity contribution in [1.82, 2.24) is 25.4 Å². The Kier molecular flexibility index (Phi) is 6.28. The van der Waals surface area contributed by atoms with Crippen LogP contribution >= 0.6 is 23.2 Å². The van der Waals surface area contributed by atoms with Gasteiger partial charge in [0.1, 0.15) is 12.4 Å². The molecule has 2 N–H and O–H groups in total. The highest BCUT2D eigenvalue weighted by Gasteiger charge is 2.19. The summed E-state index contributed by atoms with van der Waals surface area (Å²) in [4.78, 5) is 24.7. The number of aromatic nitrogens is 3. The van der Waals surface area contributed by atoms with E-state index in [0.29, 0.717) is 5.82 Å². The molecule has 0 aliphatic carbocycles. The quantitative estimate of drug-likeness (QED) is 0.644. The number of benzene rings is 2. The summed E-state index contributed by atoms with van der Waals surface area (Å²) in [6.45, 7) is 1.74. The van der Waals surface area contributed by atoms with E-state index in [2.05, 4.69) is 20.8 Å². The summed E-state index contributed by atoms with van der Waals surface area (Å²) in [5.41, 5.74) is 1.09. The lowest BCUT2D eigenvalue weighted by Gasteiger charge is -2.15. The molecule has 1 atom stereocenters. The summed E-state index contributed by atoms with van der Waals surface area (Å²) in [7, 11) is 0. The Morgan fingerprint density at radius 2 is 1.86 bits per heavy atom. The number of halogens is 2. The molecule has 28 heavy (non-hydrogen) atoms. The predicted molar refractivity (Wildman–Crippen MR) is 107 cm³/mol. The molecule has 1 unspecified atom stereocenters. The van der Waals surface area contributed by atoms with E-state index in [1.54, 1.807) is 30.0 Å². The minimum atomic E-state index is -0.782. The first-order valence-electron chi connectivity index (χ1n) is 8.44. The average molecular weight is 418 g/mol. The van der Waals surface area contributed by atoms with Gasteiger partial charge in [-0.1, -0.05) is 47.5 Å². The second-order valence-corrected chi connectivity index (χ2v) is 6.75. The fraction of sp³-hybridized carbons (Fsp3) is 0.158. The lowest BCUT2D eigenvalue weighted by Crippen LogP contribution is -2.44. The van der Waals surface area contributed by atoms with Crippen LogP contribution in [0.5, 0.6) is 0 Å². The van der Waals surface area contributed by atoms with Crippen molar-refractivity contribution in [2.45, 2.75) is 19.5 Å². The summed E-state index contributed by atoms with van der Waals surface area (Å²) in [5.74, 6) is -0.285. The molecule has 0 radical (unpaired) electrons. The van der Waals surface area contributed by atoms with Crippen LogP contribution in [0, 0.1) is 0 Å². The highest BCUT2D eigenvalue weighted by molar-refractivity contribution is 6.43. The molecule has 2 amide bonds. The highest BCUT2D eigenvalue weighted by atomic mass is 35.5. The van der Waals surface area contributed by atoms with Crippen LogP contribution in [-0.4, -0.2) is 32.6 Å². The van der Waals surface area contributed by atoms with Crippen molar-refractivity contribution in [1.29, 1.82) is 0 Å². The van der Waals surface area contributed by atoms with Gasteiger partial charge in [0.25, 0.3) is 5.91 Å². The molecule has 7 nitrogen and oxygen atoms in total. The minimum Gasteiger partial charge on any atom is -0.347 e. The number of carbonyl (C=O) groups excluding carboxylic acids is 2. The van der Waals surface area contributed by atoms with Gasteiger partial charge in [-0.05, 0) is 31.2 Å². The van der Waals surface area contributed by atoms with Crippen LogP contribution in [0.3, 0.4) is 0 Å². The molecule has 1 aromatic heterocycles. The lowest BCUT2D eigenvalue weighted by molar-refractivity contribution is -0.122. The normalized spacial score (nSPS) is 11.7. The highest BCUT2D eigenvalue weighted by Crippen LogP contribution is 2.25. The number of nitrogens with one attached hydrogen (secondary N) is 2. The molecule has 3 aromatic rings. The molecule has 3 rings (SSSR count). The molecule has 0 bridgehead atoms. The molecule has 0 fully saturated rings. The van der Waals surface area contributed by atoms with Crippen molar-refractivity contribution in [2.75, 3.05) is 0 Å². The van der Waals surface area contributed by atoms with Crippen LogP contribution in [0.2, 0.25) is 10.0 Å². The Bertz CT molecular complexity index is 991. The second-order valence-electron chi connectivity index (χ2n) is 5.97. The third kappa shape index (κ3) is 4.49. The number of para-hydroxylation sites is 1. The zero-order valence-corrected chi connectivity index (χ0v) is 16.4. The minimum absolute atomic E-state index is 0.144. The van der Waals surface area contributed by atoms with E-state index in [1.807, 2.05) is 30.3 Å². The van der Waals surface area contributed by atoms with Crippen LogP contribution in [0.4, 0.5) is 0 Å². The molecule has 0 spiro atoms. The zero-order valence-electron chi connectivity index (χ0n) is 14.9. The van der Waals surface area contributed by atoms with Crippen molar-refractivity contribution in [3.05, 3.63) is 76.3 Å². The van der Waals surface area contributed by atoms with Crippen LogP contribution in [-0.2, 0) is 11.3 Å². The topological polar surface area (TPSA) is 88.9 Å². The summed E-state index contributed by atoms with van der Waals surface area (Å²) in [6.07, 6.45) is 1.57. The van der Waals surface area contributed by atoms with Crippen LogP contribution in [0.1, 0.15) is 23.1 Å². The Balaban J connectivity index is 1.61. The number of amides is 2. The van der Waals surface area contributed by atoms with Gasteiger partial charge in [-0.3, -0.25) is 14.2 Å². The van der Waals surface area contributed by atoms with Gasteiger partial charge in [-0.25, -0.2) is 0 Å². The van der Waals surface area contributed by atoms with Gasteiger partial charge in [0.2, 0.25) is 5.91 Å². The number of nitrogens with zero attached hydrogens (tertiary/aromatic N) is 3. The van der Waals surface area contributed by atoms with Crippen molar-refractivity contribution in [3.8, 4) is 5.69 Å². The van der Waals surface area contributed by atoms with Crippen molar-refractivity contribution in [2.24, 2.45) is 0 Å². The first kappa shape index (κ1) is 19.9. The van der Waals surface area contributed by atoms with Crippen molar-refractivity contribution < 1.29 is 9.59 Å². The van der Waals surface area contributed by atoms with E-state index in [0.717, 1.165) is 5.69 Å². The van der Waals surface area contributed by atoms with E-state index in [-0.39, 0.29) is 28.1 Å². The molecule has 0 aliphatic rings. The third-order valence-corrected chi connectivity index (χ3v) is 4.83. The van der Waals surface area contributed by atoms with Crippen LogP contribution in [0.25, 0.3) is 5.69 Å². The molecule has 2 aromatic carbocycles. The van der Waals surface area contributed by atoms with Gasteiger partial charge in [0.05, 0.1) is 22.2 Å². The van der Waals surface area contributed by atoms with E-state index in [9.17, 15) is 9.59 Å². The monoisotopic (exact) mass is 417 g/mol. The molecule has 1 heterocycles.